The summed E-state index contributed by atoms with van der Waals surface area (Å²) in [6.07, 6.45) is 8.92. The molecule has 0 saturated carbocycles. The molecule has 0 unspecified atom stereocenters. The Balaban J connectivity index is 0.00000640. The number of hydrogen-bond donors (Lipinski definition) is 0. The maximum Gasteiger partial charge on any atom is 3.00 e. The molecule has 0 aliphatic rings. The van der Waals surface area contributed by atoms with Gasteiger partial charge in [0.1, 0.15) is 11.6 Å². The standard InChI is InChI=1S/C77H56N7.Ir/c1-48-76-68-18-12-40-79-74(68)66-36-25-52(45-72(66)83(76)50(3)81-48)21-23-54-42-55(24-22-53-26-37-67-73(46-53)84-51(4)82-49(2)77(84)69-19-13-41-80-75(67)69)44-62(43-54)63-16-8-9-17-64(63)65-38-35-61(71-20-10-11-39-78-71)47-70(65)60-33-31-59(32-34-60)58-29-27-57(28-30-58)56-14-6-5-7-15-56;/h5-20,25-34,38-47H,21-24H2,1-4H3;/q-3;+3. The minimum atomic E-state index is 0. The van der Waals surface area contributed by atoms with Crippen molar-refractivity contribution < 1.29 is 20.1 Å². The van der Waals surface area contributed by atoms with Crippen LogP contribution < -0.4 is 0 Å². The van der Waals surface area contributed by atoms with E-state index in [2.05, 4.69) is 231 Å². The van der Waals surface area contributed by atoms with Gasteiger partial charge in [0, 0.05) is 18.6 Å². The van der Waals surface area contributed by atoms with Crippen LogP contribution in [-0.4, -0.2) is 33.7 Å². The number of fused-ring (bicyclic) bond motifs is 12. The van der Waals surface area contributed by atoms with E-state index in [-0.39, 0.29) is 20.1 Å². The van der Waals surface area contributed by atoms with Crippen molar-refractivity contribution in [1.82, 2.24) is 33.7 Å². The van der Waals surface area contributed by atoms with Gasteiger partial charge >= 0.3 is 20.1 Å². The van der Waals surface area contributed by atoms with Crippen LogP contribution in [0.25, 0.3) is 122 Å². The van der Waals surface area contributed by atoms with Crippen molar-refractivity contribution in [3.8, 4) is 66.9 Å². The molecule has 0 aliphatic carbocycles. The Bertz CT molecular complexity index is 4860. The van der Waals surface area contributed by atoms with E-state index < -0.39 is 0 Å². The van der Waals surface area contributed by atoms with E-state index >= 15 is 0 Å². The number of aryl methyl sites for hydroxylation is 8. The molecule has 0 spiro atoms. The van der Waals surface area contributed by atoms with E-state index in [1.165, 1.54) is 44.5 Å². The van der Waals surface area contributed by atoms with Crippen molar-refractivity contribution in [2.75, 3.05) is 0 Å². The Morgan fingerprint density at radius 1 is 0.365 bits per heavy atom. The van der Waals surface area contributed by atoms with Crippen molar-refractivity contribution in [2.45, 2.75) is 53.4 Å². The molecule has 408 valence electrons. The van der Waals surface area contributed by atoms with Gasteiger partial charge in [-0.1, -0.05) is 175 Å². The molecule has 15 aromatic rings. The third kappa shape index (κ3) is 9.67. The van der Waals surface area contributed by atoms with Gasteiger partial charge in [0.2, 0.25) is 0 Å². The summed E-state index contributed by atoms with van der Waals surface area (Å²) in [5, 5.41) is 4.20. The molecular formula is C77H56IrN7. The molecular weight excluding hydrogens is 1220 g/mol. The average Bonchev–Trinajstić information content (AvgIpc) is 2.15. The van der Waals surface area contributed by atoms with Gasteiger partial charge < -0.3 is 23.8 Å². The van der Waals surface area contributed by atoms with E-state index in [4.69, 9.17) is 24.9 Å². The second-order valence-electron chi connectivity index (χ2n) is 22.2. The predicted molar refractivity (Wildman–Crippen MR) is 343 cm³/mol. The fraction of sp³-hybridized carbons (Fsp3) is 0.104. The van der Waals surface area contributed by atoms with Crippen molar-refractivity contribution in [3.63, 3.8) is 0 Å². The summed E-state index contributed by atoms with van der Waals surface area (Å²) in [6.45, 7) is 8.37. The Morgan fingerprint density at radius 3 is 1.39 bits per heavy atom. The molecule has 7 aromatic heterocycles. The maximum absolute atomic E-state index is 4.95. The van der Waals surface area contributed by atoms with E-state index in [9.17, 15) is 0 Å². The normalized spacial score (nSPS) is 11.6. The van der Waals surface area contributed by atoms with Gasteiger partial charge in [0.25, 0.3) is 0 Å². The molecule has 0 amide bonds. The fourth-order valence-corrected chi connectivity index (χ4v) is 12.9. The van der Waals surface area contributed by atoms with Gasteiger partial charge in [-0.25, -0.2) is 9.97 Å². The van der Waals surface area contributed by atoms with Gasteiger partial charge in [-0.05, 0) is 147 Å². The van der Waals surface area contributed by atoms with Crippen LogP contribution in [0.2, 0.25) is 0 Å². The third-order valence-electron chi connectivity index (χ3n) is 16.9. The number of pyridine rings is 5. The first-order valence-corrected chi connectivity index (χ1v) is 28.9. The van der Waals surface area contributed by atoms with Crippen LogP contribution in [0, 0.1) is 45.9 Å². The van der Waals surface area contributed by atoms with Crippen molar-refractivity contribution in [1.29, 1.82) is 0 Å². The van der Waals surface area contributed by atoms with Crippen LogP contribution in [-0.2, 0) is 45.8 Å². The molecule has 0 bridgehead atoms. The number of nitrogens with zero attached hydrogens (tertiary/aromatic N) is 7. The first-order valence-electron chi connectivity index (χ1n) is 28.9. The summed E-state index contributed by atoms with van der Waals surface area (Å²) in [5.74, 6) is 1.92. The summed E-state index contributed by atoms with van der Waals surface area (Å²) < 4.78 is 4.59. The molecule has 0 atom stereocenters. The molecule has 8 aromatic carbocycles. The Hall–Kier alpha value is -9.72. The minimum Gasteiger partial charge on any atom is -0.339 e. The monoisotopic (exact) mass is 1270 g/mol. The smallest absolute Gasteiger partial charge is 0.339 e. The van der Waals surface area contributed by atoms with Crippen LogP contribution in [0.1, 0.15) is 45.3 Å². The number of aromatic nitrogens is 7. The topological polar surface area (TPSA) is 73.3 Å². The largest absolute Gasteiger partial charge is 3.00 e. The van der Waals surface area contributed by atoms with Gasteiger partial charge in [-0.15, -0.1) is 82.1 Å². The Morgan fingerprint density at radius 2 is 0.847 bits per heavy atom. The molecule has 0 fully saturated rings. The summed E-state index contributed by atoms with van der Waals surface area (Å²) >= 11 is 0. The van der Waals surface area contributed by atoms with Crippen LogP contribution >= 0.6 is 0 Å². The molecule has 0 aliphatic heterocycles. The number of rotatable bonds is 12. The van der Waals surface area contributed by atoms with Crippen LogP contribution in [0.3, 0.4) is 0 Å². The molecule has 0 saturated heterocycles. The van der Waals surface area contributed by atoms with Gasteiger partial charge in [0.15, 0.2) is 0 Å². The molecule has 7 heterocycles. The average molecular weight is 1270 g/mol. The van der Waals surface area contributed by atoms with Crippen LogP contribution in [0.15, 0.2) is 219 Å². The molecule has 15 rings (SSSR count). The first-order chi connectivity index (χ1) is 41.3. The molecule has 85 heavy (non-hydrogen) atoms. The van der Waals surface area contributed by atoms with E-state index in [0.29, 0.717) is 0 Å². The second kappa shape index (κ2) is 22.1. The minimum absolute atomic E-state index is 0. The zero-order valence-corrected chi connectivity index (χ0v) is 50.0. The Kier molecular flexibility index (Phi) is 13.9. The Labute approximate surface area is 507 Å². The van der Waals surface area contributed by atoms with E-state index in [1.54, 1.807) is 0 Å². The first kappa shape index (κ1) is 53.3. The predicted octanol–water partition coefficient (Wildman–Crippen LogP) is 18.0. The van der Waals surface area contributed by atoms with Gasteiger partial charge in [-0.3, -0.25) is 0 Å². The summed E-state index contributed by atoms with van der Waals surface area (Å²) in [7, 11) is 0. The number of hydrogen-bond acceptors (Lipinski definition) is 5. The van der Waals surface area contributed by atoms with Crippen LogP contribution in [0.4, 0.5) is 0 Å². The van der Waals surface area contributed by atoms with Crippen molar-refractivity contribution in [2.24, 2.45) is 0 Å². The summed E-state index contributed by atoms with van der Waals surface area (Å²) in [5.41, 5.74) is 26.7. The summed E-state index contributed by atoms with van der Waals surface area (Å²) in [4.78, 5) is 24.4. The molecule has 0 radical (unpaired) electrons. The third-order valence-corrected chi connectivity index (χ3v) is 16.9. The molecule has 7 nitrogen and oxygen atoms in total. The number of imidazole rings is 2. The number of benzene rings is 8. The summed E-state index contributed by atoms with van der Waals surface area (Å²) in [6, 6.07) is 83.4. The molecule has 8 heteroatoms. The van der Waals surface area contributed by atoms with Crippen molar-refractivity contribution >= 4 is 54.6 Å². The van der Waals surface area contributed by atoms with E-state index in [0.717, 1.165) is 148 Å². The van der Waals surface area contributed by atoms with Gasteiger partial charge in [0.05, 0.1) is 22.4 Å². The zero-order chi connectivity index (χ0) is 56.4. The van der Waals surface area contributed by atoms with E-state index in [1.807, 2.05) is 42.9 Å². The maximum atomic E-state index is 4.95. The quantitative estimate of drug-likeness (QED) is 0.0900. The fourth-order valence-electron chi connectivity index (χ4n) is 12.9. The zero-order valence-electron chi connectivity index (χ0n) is 47.6. The van der Waals surface area contributed by atoms with Crippen LogP contribution in [0.5, 0.6) is 0 Å². The van der Waals surface area contributed by atoms with Gasteiger partial charge in [-0.2, -0.15) is 0 Å². The second-order valence-corrected chi connectivity index (χ2v) is 22.2. The van der Waals surface area contributed by atoms with Crippen molar-refractivity contribution in [3.05, 3.63) is 282 Å². The molecule has 0 N–H and O–H groups in total. The SMILES string of the molecule is Cc1nc(C)n2c3cc(CCc4cc(CCc5c[c-]c6c7ncccc7c7c(C)nc(C)n7c6c5)cc(-c5ccccc5-c5c[c-]c(-c6ccccn6)cc5-c5ccc(-c6ccc(-c7ccccc7)cc6)cc5)c4)c[c-]c3c3ncccc3c12.[Ir+3].